The van der Waals surface area contributed by atoms with E-state index in [1.165, 1.54) is 0 Å². The number of hydrogen-bond donors (Lipinski definition) is 1. The molecule has 0 bridgehead atoms. The quantitative estimate of drug-likeness (QED) is 0.858. The third-order valence-electron chi connectivity index (χ3n) is 2.72. The van der Waals surface area contributed by atoms with E-state index < -0.39 is 0 Å². The van der Waals surface area contributed by atoms with Gasteiger partial charge < -0.3 is 10.5 Å². The van der Waals surface area contributed by atoms with Gasteiger partial charge in [-0.05, 0) is 18.6 Å². The van der Waals surface area contributed by atoms with Crippen LogP contribution >= 0.6 is 23.6 Å². The van der Waals surface area contributed by atoms with Crippen molar-refractivity contribution < 1.29 is 4.74 Å². The standard InChI is InChI=1S/C14H16N2OS2/c1-3-5-11-12(13(15)18)19-14(16-11)9-6-4-7-10(8-9)17-2/h4,6-8H,3,5H2,1-2H3,(H2,15,18). The summed E-state index contributed by atoms with van der Waals surface area (Å²) in [6, 6.07) is 7.85. The highest BCUT2D eigenvalue weighted by Crippen LogP contribution is 2.30. The van der Waals surface area contributed by atoms with E-state index in [9.17, 15) is 0 Å². The fraction of sp³-hybridized carbons (Fsp3) is 0.286. The Labute approximate surface area is 122 Å². The van der Waals surface area contributed by atoms with Gasteiger partial charge in [0.2, 0.25) is 0 Å². The van der Waals surface area contributed by atoms with E-state index in [0.717, 1.165) is 39.7 Å². The van der Waals surface area contributed by atoms with E-state index in [-0.39, 0.29) is 0 Å². The van der Waals surface area contributed by atoms with Gasteiger partial charge in [0, 0.05) is 5.56 Å². The lowest BCUT2D eigenvalue weighted by atomic mass is 10.2. The zero-order valence-corrected chi connectivity index (χ0v) is 12.6. The number of aryl methyl sites for hydroxylation is 1. The number of ether oxygens (including phenoxy) is 1. The van der Waals surface area contributed by atoms with Crippen LogP contribution in [0.1, 0.15) is 23.9 Å². The average molecular weight is 292 g/mol. The summed E-state index contributed by atoms with van der Waals surface area (Å²) >= 11 is 6.65. The van der Waals surface area contributed by atoms with Gasteiger partial charge in [-0.3, -0.25) is 0 Å². The Kier molecular flexibility index (Phi) is 4.50. The molecule has 1 aromatic heterocycles. The zero-order valence-electron chi connectivity index (χ0n) is 11.0. The van der Waals surface area contributed by atoms with Crippen molar-refractivity contribution in [3.8, 4) is 16.3 Å². The van der Waals surface area contributed by atoms with E-state index in [1.54, 1.807) is 18.4 Å². The van der Waals surface area contributed by atoms with Crippen LogP contribution in [-0.4, -0.2) is 17.1 Å². The molecule has 0 atom stereocenters. The van der Waals surface area contributed by atoms with Crippen molar-refractivity contribution in [2.45, 2.75) is 19.8 Å². The average Bonchev–Trinajstić information content (AvgIpc) is 2.83. The van der Waals surface area contributed by atoms with Crippen LogP contribution in [0.4, 0.5) is 0 Å². The summed E-state index contributed by atoms with van der Waals surface area (Å²) in [6.07, 6.45) is 1.92. The third-order valence-corrected chi connectivity index (χ3v) is 4.24. The Hall–Kier alpha value is -1.46. The molecule has 0 aliphatic rings. The number of rotatable bonds is 5. The maximum absolute atomic E-state index is 5.77. The molecule has 0 aliphatic heterocycles. The van der Waals surface area contributed by atoms with Crippen molar-refractivity contribution in [2.75, 3.05) is 7.11 Å². The Balaban J connectivity index is 2.44. The van der Waals surface area contributed by atoms with Crippen LogP contribution in [0, 0.1) is 0 Å². The van der Waals surface area contributed by atoms with Gasteiger partial charge in [0.25, 0.3) is 0 Å². The summed E-state index contributed by atoms with van der Waals surface area (Å²) in [5.41, 5.74) is 7.80. The van der Waals surface area contributed by atoms with Gasteiger partial charge in [-0.1, -0.05) is 37.7 Å². The molecule has 1 heterocycles. The molecular formula is C14H16N2OS2. The number of nitrogens with two attached hydrogens (primary N) is 1. The first-order chi connectivity index (χ1) is 9.15. The minimum Gasteiger partial charge on any atom is -0.497 e. The Morgan fingerprint density at radius 1 is 1.47 bits per heavy atom. The van der Waals surface area contributed by atoms with Gasteiger partial charge in [-0.2, -0.15) is 0 Å². The lowest BCUT2D eigenvalue weighted by Gasteiger charge is -2.01. The van der Waals surface area contributed by atoms with Gasteiger partial charge in [0.05, 0.1) is 17.7 Å². The molecule has 0 aliphatic carbocycles. The van der Waals surface area contributed by atoms with Crippen molar-refractivity contribution >= 4 is 28.5 Å². The predicted molar refractivity (Wildman–Crippen MR) is 84.0 cm³/mol. The molecule has 2 N–H and O–H groups in total. The third kappa shape index (κ3) is 3.11. The van der Waals surface area contributed by atoms with Crippen molar-refractivity contribution in [3.05, 3.63) is 34.8 Å². The minimum atomic E-state index is 0.426. The van der Waals surface area contributed by atoms with E-state index in [4.69, 9.17) is 22.7 Å². The zero-order chi connectivity index (χ0) is 13.8. The highest BCUT2D eigenvalue weighted by atomic mass is 32.1. The SMILES string of the molecule is CCCc1nc(-c2cccc(OC)c2)sc1C(N)=S. The Morgan fingerprint density at radius 2 is 2.26 bits per heavy atom. The molecule has 1 aromatic carbocycles. The molecule has 0 unspecified atom stereocenters. The summed E-state index contributed by atoms with van der Waals surface area (Å²) in [5.74, 6) is 0.821. The second-order valence-electron chi connectivity index (χ2n) is 4.14. The molecule has 0 spiro atoms. The summed E-state index contributed by atoms with van der Waals surface area (Å²) in [4.78, 5) is 6.01. The van der Waals surface area contributed by atoms with Crippen molar-refractivity contribution in [3.63, 3.8) is 0 Å². The lowest BCUT2D eigenvalue weighted by molar-refractivity contribution is 0.415. The monoisotopic (exact) mass is 292 g/mol. The van der Waals surface area contributed by atoms with Crippen LogP contribution in [0.25, 0.3) is 10.6 Å². The number of methoxy groups -OCH3 is 1. The van der Waals surface area contributed by atoms with Crippen molar-refractivity contribution in [2.24, 2.45) is 5.73 Å². The second-order valence-corrected chi connectivity index (χ2v) is 5.58. The summed E-state index contributed by atoms with van der Waals surface area (Å²) < 4.78 is 5.23. The Morgan fingerprint density at radius 3 is 2.89 bits per heavy atom. The maximum atomic E-state index is 5.77. The summed E-state index contributed by atoms with van der Waals surface area (Å²) in [6.45, 7) is 2.12. The van der Waals surface area contributed by atoms with E-state index in [2.05, 4.69) is 11.9 Å². The Bertz CT molecular complexity index is 593. The van der Waals surface area contributed by atoms with Crippen LogP contribution in [0.2, 0.25) is 0 Å². The molecule has 0 radical (unpaired) electrons. The van der Waals surface area contributed by atoms with Gasteiger partial charge in [-0.25, -0.2) is 4.98 Å². The van der Waals surface area contributed by atoms with Crippen LogP contribution in [0.3, 0.4) is 0 Å². The van der Waals surface area contributed by atoms with E-state index in [0.29, 0.717) is 4.99 Å². The van der Waals surface area contributed by atoms with Crippen molar-refractivity contribution in [1.82, 2.24) is 4.98 Å². The van der Waals surface area contributed by atoms with E-state index >= 15 is 0 Å². The van der Waals surface area contributed by atoms with Crippen LogP contribution in [0.5, 0.6) is 5.75 Å². The number of benzene rings is 1. The minimum absolute atomic E-state index is 0.426. The molecule has 2 rings (SSSR count). The highest BCUT2D eigenvalue weighted by Gasteiger charge is 2.14. The van der Waals surface area contributed by atoms with Gasteiger partial charge in [-0.15, -0.1) is 11.3 Å². The lowest BCUT2D eigenvalue weighted by Crippen LogP contribution is -2.09. The fourth-order valence-corrected chi connectivity index (χ4v) is 3.03. The second kappa shape index (κ2) is 6.12. The molecule has 0 amide bonds. The molecule has 3 nitrogen and oxygen atoms in total. The number of thiazole rings is 1. The summed E-state index contributed by atoms with van der Waals surface area (Å²) in [7, 11) is 1.66. The number of hydrogen-bond acceptors (Lipinski definition) is 4. The van der Waals surface area contributed by atoms with Gasteiger partial charge >= 0.3 is 0 Å². The topological polar surface area (TPSA) is 48.1 Å². The highest BCUT2D eigenvalue weighted by molar-refractivity contribution is 7.81. The smallest absolute Gasteiger partial charge is 0.124 e. The molecule has 0 saturated heterocycles. The molecule has 5 heteroatoms. The van der Waals surface area contributed by atoms with E-state index in [1.807, 2.05) is 24.3 Å². The number of nitrogens with zero attached hydrogens (tertiary/aromatic N) is 1. The van der Waals surface area contributed by atoms with Crippen LogP contribution in [-0.2, 0) is 6.42 Å². The van der Waals surface area contributed by atoms with Crippen LogP contribution in [0.15, 0.2) is 24.3 Å². The first-order valence-corrected chi connectivity index (χ1v) is 7.32. The first-order valence-electron chi connectivity index (χ1n) is 6.09. The molecule has 100 valence electrons. The molecule has 19 heavy (non-hydrogen) atoms. The maximum Gasteiger partial charge on any atom is 0.124 e. The summed E-state index contributed by atoms with van der Waals surface area (Å²) in [5, 5.41) is 0.935. The van der Waals surface area contributed by atoms with Crippen molar-refractivity contribution in [1.29, 1.82) is 0 Å². The molecule has 0 fully saturated rings. The predicted octanol–water partition coefficient (Wildman–Crippen LogP) is 3.41. The largest absolute Gasteiger partial charge is 0.497 e. The van der Waals surface area contributed by atoms with Gasteiger partial charge in [0.15, 0.2) is 0 Å². The molecular weight excluding hydrogens is 276 g/mol. The molecule has 2 aromatic rings. The fourth-order valence-electron chi connectivity index (χ4n) is 1.83. The van der Waals surface area contributed by atoms with Crippen LogP contribution < -0.4 is 10.5 Å². The number of thiocarbonyl (C=S) groups is 1. The normalized spacial score (nSPS) is 10.4. The van der Waals surface area contributed by atoms with Gasteiger partial charge in [0.1, 0.15) is 15.7 Å². The number of aromatic nitrogens is 1. The first kappa shape index (κ1) is 14.0. The molecule has 0 saturated carbocycles.